The summed E-state index contributed by atoms with van der Waals surface area (Å²) in [6, 6.07) is 0. The maximum Gasteiger partial charge on any atom is 0.130 e. The van der Waals surface area contributed by atoms with E-state index in [0.717, 1.165) is 51.0 Å². The molecule has 7 aliphatic rings. The van der Waals surface area contributed by atoms with Crippen molar-refractivity contribution in [3.63, 3.8) is 0 Å². The van der Waals surface area contributed by atoms with Gasteiger partial charge in [-0.05, 0) is 80.6 Å². The van der Waals surface area contributed by atoms with Crippen LogP contribution in [0.2, 0.25) is 0 Å². The van der Waals surface area contributed by atoms with Gasteiger partial charge in [-0.2, -0.15) is 0 Å². The second-order valence-electron chi connectivity index (χ2n) is 11.2. The van der Waals surface area contributed by atoms with Gasteiger partial charge in [0, 0.05) is 30.3 Å². The average Bonchev–Trinajstić information content (AvgIpc) is 3.12. The second kappa shape index (κ2) is 6.54. The molecule has 5 aliphatic carbocycles. The summed E-state index contributed by atoms with van der Waals surface area (Å²) < 4.78 is 6.51. The Morgan fingerprint density at radius 3 is 2.83 bits per heavy atom. The van der Waals surface area contributed by atoms with Crippen molar-refractivity contribution in [2.45, 2.75) is 77.0 Å². The molecular weight excluding hydrogens is 386 g/mol. The van der Waals surface area contributed by atoms with Crippen molar-refractivity contribution in [3.05, 3.63) is 12.2 Å². The number of piperidine rings is 1. The summed E-state index contributed by atoms with van der Waals surface area (Å²) in [5, 5.41) is 11.4. The SMILES string of the molecule is C=C1[C@H]2CC[C@@]3(CC[C@@H]4[C@]5(CC(C)=O)CCC[C@@]4(C4OCCN4C5)[C@@H]3C2)[C@@H]1O.Cl. The van der Waals surface area contributed by atoms with Crippen molar-refractivity contribution >= 4 is 18.2 Å². The van der Waals surface area contributed by atoms with E-state index in [-0.39, 0.29) is 41.0 Å². The molecular formula is C24H36ClNO3. The van der Waals surface area contributed by atoms with E-state index in [0.29, 0.717) is 23.5 Å². The molecule has 4 nitrogen and oxygen atoms in total. The van der Waals surface area contributed by atoms with Crippen molar-refractivity contribution in [2.75, 3.05) is 19.7 Å². The molecule has 0 aromatic carbocycles. The van der Waals surface area contributed by atoms with Gasteiger partial charge >= 0.3 is 0 Å². The summed E-state index contributed by atoms with van der Waals surface area (Å²) in [5.41, 5.74) is 1.38. The number of rotatable bonds is 2. The van der Waals surface area contributed by atoms with Gasteiger partial charge < -0.3 is 14.6 Å². The van der Waals surface area contributed by atoms with E-state index in [9.17, 15) is 9.90 Å². The Morgan fingerprint density at radius 1 is 1.24 bits per heavy atom. The van der Waals surface area contributed by atoms with Crippen LogP contribution in [0.3, 0.4) is 0 Å². The smallest absolute Gasteiger partial charge is 0.130 e. The Morgan fingerprint density at radius 2 is 2.03 bits per heavy atom. The average molecular weight is 422 g/mol. The largest absolute Gasteiger partial charge is 0.388 e. The zero-order chi connectivity index (χ0) is 19.3. The van der Waals surface area contributed by atoms with Gasteiger partial charge in [-0.25, -0.2) is 0 Å². The fourth-order valence-electron chi connectivity index (χ4n) is 9.76. The molecule has 0 amide bonds. The predicted octanol–water partition coefficient (Wildman–Crippen LogP) is 3.96. The topological polar surface area (TPSA) is 49.8 Å². The van der Waals surface area contributed by atoms with Crippen molar-refractivity contribution in [2.24, 2.45) is 34.0 Å². The lowest BCUT2D eigenvalue weighted by molar-refractivity contribution is -0.293. The molecule has 162 valence electrons. The molecule has 7 fully saturated rings. The van der Waals surface area contributed by atoms with Crippen LogP contribution in [0.25, 0.3) is 0 Å². The van der Waals surface area contributed by atoms with Gasteiger partial charge in [0.15, 0.2) is 0 Å². The molecule has 5 heteroatoms. The molecule has 1 spiro atoms. The highest BCUT2D eigenvalue weighted by Gasteiger charge is 2.73. The molecule has 8 atom stereocenters. The lowest BCUT2D eigenvalue weighted by Gasteiger charge is -2.74. The maximum atomic E-state index is 12.4. The molecule has 0 aromatic rings. The number of carbonyl (C=O) groups is 1. The second-order valence-corrected chi connectivity index (χ2v) is 11.2. The first-order chi connectivity index (χ1) is 13.4. The first kappa shape index (κ1) is 20.5. The van der Waals surface area contributed by atoms with Gasteiger partial charge in [0.1, 0.15) is 12.0 Å². The van der Waals surface area contributed by atoms with Gasteiger partial charge in [-0.1, -0.05) is 13.0 Å². The Balaban J connectivity index is 0.00000181. The van der Waals surface area contributed by atoms with E-state index in [1.807, 2.05) is 0 Å². The van der Waals surface area contributed by atoms with Crippen LogP contribution in [-0.2, 0) is 9.53 Å². The quantitative estimate of drug-likeness (QED) is 0.685. The number of carbonyl (C=O) groups excluding carboxylic acids is 1. The number of ether oxygens (including phenoxy) is 1. The van der Waals surface area contributed by atoms with Crippen molar-refractivity contribution in [1.29, 1.82) is 0 Å². The third kappa shape index (κ3) is 2.35. The Kier molecular flexibility index (Phi) is 4.62. The fraction of sp³-hybridized carbons (Fsp3) is 0.875. The maximum absolute atomic E-state index is 12.4. The van der Waals surface area contributed by atoms with E-state index in [1.165, 1.54) is 32.1 Å². The summed E-state index contributed by atoms with van der Waals surface area (Å²) in [5.74, 6) is 1.94. The minimum Gasteiger partial charge on any atom is -0.388 e. The van der Waals surface area contributed by atoms with Crippen molar-refractivity contribution in [1.82, 2.24) is 4.90 Å². The number of hydrogen-bond acceptors (Lipinski definition) is 4. The van der Waals surface area contributed by atoms with E-state index in [2.05, 4.69) is 11.5 Å². The molecule has 1 N–H and O–H groups in total. The van der Waals surface area contributed by atoms with Gasteiger partial charge in [0.05, 0.1) is 12.7 Å². The third-order valence-electron chi connectivity index (χ3n) is 10.4. The summed E-state index contributed by atoms with van der Waals surface area (Å²) in [6.45, 7) is 9.00. The van der Waals surface area contributed by atoms with Gasteiger partial charge in [0.25, 0.3) is 0 Å². The number of fused-ring (bicyclic) bond motifs is 3. The lowest BCUT2D eigenvalue weighted by atomic mass is 9.34. The summed E-state index contributed by atoms with van der Waals surface area (Å²) in [6.07, 6.45) is 10.1. The fourth-order valence-corrected chi connectivity index (χ4v) is 9.76. The number of nitrogens with zero attached hydrogens (tertiary/aromatic N) is 1. The zero-order valence-corrected chi connectivity index (χ0v) is 18.5. The van der Waals surface area contributed by atoms with Gasteiger partial charge in [-0.15, -0.1) is 12.4 Å². The number of hydrogen-bond donors (Lipinski definition) is 1. The zero-order valence-electron chi connectivity index (χ0n) is 17.7. The van der Waals surface area contributed by atoms with Crippen LogP contribution in [0.5, 0.6) is 0 Å². The number of aliphatic hydroxyl groups excluding tert-OH is 1. The van der Waals surface area contributed by atoms with Crippen LogP contribution in [0.4, 0.5) is 0 Å². The van der Waals surface area contributed by atoms with Gasteiger partial charge in [0.2, 0.25) is 0 Å². The van der Waals surface area contributed by atoms with Crippen LogP contribution in [-0.4, -0.2) is 47.8 Å². The molecule has 0 radical (unpaired) electrons. The molecule has 1 unspecified atom stereocenters. The van der Waals surface area contributed by atoms with Crippen LogP contribution in [0.15, 0.2) is 12.2 Å². The highest BCUT2D eigenvalue weighted by Crippen LogP contribution is 2.75. The number of ketones is 1. The van der Waals surface area contributed by atoms with Crippen LogP contribution in [0.1, 0.15) is 64.7 Å². The highest BCUT2D eigenvalue weighted by atomic mass is 35.5. The van der Waals surface area contributed by atoms with E-state index in [4.69, 9.17) is 4.74 Å². The molecule has 4 bridgehead atoms. The van der Waals surface area contributed by atoms with E-state index < -0.39 is 0 Å². The molecule has 2 aliphatic heterocycles. The van der Waals surface area contributed by atoms with Crippen LogP contribution < -0.4 is 0 Å². The number of aliphatic hydroxyl groups is 1. The minimum atomic E-state index is -0.332. The van der Waals surface area contributed by atoms with Crippen LogP contribution >= 0.6 is 12.4 Å². The molecule has 29 heavy (non-hydrogen) atoms. The summed E-state index contributed by atoms with van der Waals surface area (Å²) in [7, 11) is 0. The monoisotopic (exact) mass is 421 g/mol. The van der Waals surface area contributed by atoms with Crippen molar-refractivity contribution in [3.8, 4) is 0 Å². The normalized spacial score (nSPS) is 52.9. The Labute approximate surface area is 180 Å². The number of Topliss-reactive ketones (excluding diaryl/α,β-unsaturated/α-hetero) is 1. The highest BCUT2D eigenvalue weighted by molar-refractivity contribution is 5.85. The molecule has 2 saturated heterocycles. The first-order valence-electron chi connectivity index (χ1n) is 11.6. The number of halogens is 1. The summed E-state index contributed by atoms with van der Waals surface area (Å²) >= 11 is 0. The standard InChI is InChI=1S/C24H35NO3.ClH/c1-15(26)13-22-6-3-7-24(21-25(14-22)10-11-28-21)18(22)5-9-23-8-4-17(12-19(23)24)16(2)20(23)27;/h17-21,27H,2-14H2,1H3;1H/t17-,18+,19+,20+,21?,22-,23-,24-;/m0./s1. The van der Waals surface area contributed by atoms with E-state index in [1.54, 1.807) is 6.92 Å². The Hall–Kier alpha value is -0.420. The Bertz CT molecular complexity index is 742. The molecule has 5 saturated carbocycles. The van der Waals surface area contributed by atoms with E-state index >= 15 is 0 Å². The lowest BCUT2D eigenvalue weighted by Crippen LogP contribution is -2.74. The van der Waals surface area contributed by atoms with Crippen molar-refractivity contribution < 1.29 is 14.6 Å². The summed E-state index contributed by atoms with van der Waals surface area (Å²) in [4.78, 5) is 15.0. The van der Waals surface area contributed by atoms with Gasteiger partial charge in [-0.3, -0.25) is 4.90 Å². The van der Waals surface area contributed by atoms with Crippen LogP contribution in [0, 0.1) is 34.0 Å². The minimum absolute atomic E-state index is 0. The molecule has 0 aromatic heterocycles. The molecule has 7 rings (SSSR count). The third-order valence-corrected chi connectivity index (χ3v) is 10.4. The predicted molar refractivity (Wildman–Crippen MR) is 114 cm³/mol. The molecule has 2 heterocycles. The first-order valence-corrected chi connectivity index (χ1v) is 11.6.